The lowest BCUT2D eigenvalue weighted by Gasteiger charge is -2.11. The van der Waals surface area contributed by atoms with Crippen molar-refractivity contribution in [1.29, 1.82) is 0 Å². The molecule has 80 valence electrons. The number of halogens is 1. The van der Waals surface area contributed by atoms with Crippen LogP contribution in [0.1, 0.15) is 20.3 Å². The van der Waals surface area contributed by atoms with Crippen molar-refractivity contribution in [3.8, 4) is 0 Å². The Bertz CT molecular complexity index is 265. The molecule has 1 unspecified atom stereocenters. The highest BCUT2D eigenvalue weighted by atomic mass is 19.1. The molecule has 0 aliphatic heterocycles. The van der Waals surface area contributed by atoms with E-state index in [0.717, 1.165) is 6.42 Å². The topological polar surface area (TPSA) is 66.4 Å². The van der Waals surface area contributed by atoms with Crippen molar-refractivity contribution >= 4 is 11.9 Å². The lowest BCUT2D eigenvalue weighted by molar-refractivity contribution is -0.142. The fraction of sp³-hybridized carbons (Fsp3) is 0.778. The standard InChI is InChI=1S/C9H14FNO3/c1-9(2)3-5(9)7(12)11-6(4-10)8(13)14/h5-6H,3-4H2,1-2H3,(H,11,12)(H,13,14)/t5-,6?/m1/s1. The van der Waals surface area contributed by atoms with Crippen molar-refractivity contribution < 1.29 is 19.1 Å². The first-order valence-electron chi connectivity index (χ1n) is 4.47. The average molecular weight is 203 g/mol. The second-order valence-corrected chi connectivity index (χ2v) is 4.30. The summed E-state index contributed by atoms with van der Waals surface area (Å²) in [6, 6.07) is -1.40. The molecule has 0 bridgehead atoms. The van der Waals surface area contributed by atoms with Gasteiger partial charge in [-0.25, -0.2) is 9.18 Å². The van der Waals surface area contributed by atoms with Gasteiger partial charge in [-0.1, -0.05) is 13.8 Å². The predicted molar refractivity (Wildman–Crippen MR) is 47.4 cm³/mol. The zero-order chi connectivity index (χ0) is 10.9. The van der Waals surface area contributed by atoms with Crippen molar-refractivity contribution in [1.82, 2.24) is 5.32 Å². The molecule has 0 saturated heterocycles. The van der Waals surface area contributed by atoms with Gasteiger partial charge >= 0.3 is 5.97 Å². The summed E-state index contributed by atoms with van der Waals surface area (Å²) in [6.07, 6.45) is 0.734. The molecule has 4 nitrogen and oxygen atoms in total. The second-order valence-electron chi connectivity index (χ2n) is 4.30. The highest BCUT2D eigenvalue weighted by Crippen LogP contribution is 2.51. The fourth-order valence-electron chi connectivity index (χ4n) is 1.35. The highest BCUT2D eigenvalue weighted by Gasteiger charge is 2.51. The van der Waals surface area contributed by atoms with E-state index in [-0.39, 0.29) is 17.2 Å². The van der Waals surface area contributed by atoms with Crippen molar-refractivity contribution in [2.24, 2.45) is 11.3 Å². The van der Waals surface area contributed by atoms with E-state index in [1.807, 2.05) is 13.8 Å². The van der Waals surface area contributed by atoms with E-state index in [4.69, 9.17) is 5.11 Å². The van der Waals surface area contributed by atoms with Crippen molar-refractivity contribution in [3.05, 3.63) is 0 Å². The lowest BCUT2D eigenvalue weighted by Crippen LogP contribution is -2.43. The molecule has 1 aliphatic carbocycles. The van der Waals surface area contributed by atoms with Gasteiger partial charge in [0.25, 0.3) is 0 Å². The summed E-state index contributed by atoms with van der Waals surface area (Å²) in [5, 5.41) is 10.7. The summed E-state index contributed by atoms with van der Waals surface area (Å²) in [4.78, 5) is 21.8. The van der Waals surface area contributed by atoms with Crippen molar-refractivity contribution in [3.63, 3.8) is 0 Å². The quantitative estimate of drug-likeness (QED) is 0.702. The number of hydrogen-bond donors (Lipinski definition) is 2. The first kappa shape index (κ1) is 10.9. The van der Waals surface area contributed by atoms with Crippen LogP contribution in [0.2, 0.25) is 0 Å². The SMILES string of the molecule is CC1(C)C[C@@H]1C(=O)NC(CF)C(=O)O. The summed E-state index contributed by atoms with van der Waals surface area (Å²) < 4.78 is 12.1. The predicted octanol–water partition coefficient (Wildman–Crippen LogP) is 0.571. The van der Waals surface area contributed by atoms with Gasteiger partial charge in [-0.15, -0.1) is 0 Å². The normalized spacial score (nSPS) is 25.2. The molecule has 1 rings (SSSR count). The molecule has 0 heterocycles. The average Bonchev–Trinajstić information content (AvgIpc) is 2.70. The molecule has 0 spiro atoms. The lowest BCUT2D eigenvalue weighted by atomic mass is 10.1. The Hall–Kier alpha value is -1.13. The van der Waals surface area contributed by atoms with Gasteiger partial charge in [-0.3, -0.25) is 4.79 Å². The number of aliphatic carboxylic acids is 1. The van der Waals surface area contributed by atoms with E-state index in [0.29, 0.717) is 0 Å². The van der Waals surface area contributed by atoms with Gasteiger partial charge in [0.1, 0.15) is 6.67 Å². The Labute approximate surface area is 81.5 Å². The number of carbonyl (C=O) groups excluding carboxylic acids is 1. The maximum Gasteiger partial charge on any atom is 0.328 e. The number of rotatable bonds is 4. The zero-order valence-corrected chi connectivity index (χ0v) is 8.21. The summed E-state index contributed by atoms with van der Waals surface area (Å²) >= 11 is 0. The Morgan fingerprint density at radius 2 is 2.14 bits per heavy atom. The van der Waals surface area contributed by atoms with E-state index in [1.54, 1.807) is 0 Å². The molecule has 1 saturated carbocycles. The third-order valence-electron chi connectivity index (χ3n) is 2.60. The number of hydrogen-bond acceptors (Lipinski definition) is 2. The van der Waals surface area contributed by atoms with Crippen LogP contribution in [0.3, 0.4) is 0 Å². The minimum absolute atomic E-state index is 0.0660. The van der Waals surface area contributed by atoms with Gasteiger partial charge in [0, 0.05) is 5.92 Å². The molecular formula is C9H14FNO3. The van der Waals surface area contributed by atoms with Crippen LogP contribution in [-0.4, -0.2) is 29.7 Å². The molecule has 2 N–H and O–H groups in total. The van der Waals surface area contributed by atoms with Gasteiger partial charge in [0.15, 0.2) is 6.04 Å². The summed E-state index contributed by atoms with van der Waals surface area (Å²) in [5.41, 5.74) is -0.0660. The maximum atomic E-state index is 12.1. The number of amides is 1. The summed E-state index contributed by atoms with van der Waals surface area (Å²) in [5.74, 6) is -1.87. The Balaban J connectivity index is 2.45. The first-order valence-corrected chi connectivity index (χ1v) is 4.47. The van der Waals surface area contributed by atoms with E-state index < -0.39 is 18.7 Å². The molecule has 5 heteroatoms. The van der Waals surface area contributed by atoms with Crippen LogP contribution in [0.25, 0.3) is 0 Å². The van der Waals surface area contributed by atoms with Crippen LogP contribution < -0.4 is 5.32 Å². The number of carboxylic acid groups (broad SMARTS) is 1. The molecule has 0 radical (unpaired) electrons. The third kappa shape index (κ3) is 2.21. The van der Waals surface area contributed by atoms with Gasteiger partial charge in [-0.2, -0.15) is 0 Å². The van der Waals surface area contributed by atoms with Crippen LogP contribution >= 0.6 is 0 Å². The van der Waals surface area contributed by atoms with Crippen LogP contribution in [-0.2, 0) is 9.59 Å². The fourth-order valence-corrected chi connectivity index (χ4v) is 1.35. The molecule has 14 heavy (non-hydrogen) atoms. The number of alkyl halides is 1. The Morgan fingerprint density at radius 1 is 1.64 bits per heavy atom. The van der Waals surface area contributed by atoms with Crippen LogP contribution in [0.4, 0.5) is 4.39 Å². The molecule has 0 aromatic carbocycles. The second kappa shape index (κ2) is 3.55. The molecule has 1 amide bonds. The maximum absolute atomic E-state index is 12.1. The molecule has 0 aromatic rings. The van der Waals surface area contributed by atoms with Crippen LogP contribution in [0.15, 0.2) is 0 Å². The van der Waals surface area contributed by atoms with Crippen LogP contribution in [0, 0.1) is 11.3 Å². The molecule has 2 atom stereocenters. The smallest absolute Gasteiger partial charge is 0.328 e. The minimum atomic E-state index is -1.40. The first-order chi connectivity index (χ1) is 6.38. The number of carboxylic acids is 1. The Morgan fingerprint density at radius 3 is 2.43 bits per heavy atom. The van der Waals surface area contributed by atoms with Gasteiger partial charge < -0.3 is 10.4 Å². The monoisotopic (exact) mass is 203 g/mol. The van der Waals surface area contributed by atoms with Crippen LogP contribution in [0.5, 0.6) is 0 Å². The largest absolute Gasteiger partial charge is 0.480 e. The van der Waals surface area contributed by atoms with Crippen molar-refractivity contribution in [2.45, 2.75) is 26.3 Å². The van der Waals surface area contributed by atoms with Gasteiger partial charge in [-0.05, 0) is 11.8 Å². The van der Waals surface area contributed by atoms with E-state index in [2.05, 4.69) is 5.32 Å². The molecular weight excluding hydrogens is 189 g/mol. The number of carbonyl (C=O) groups is 2. The molecule has 1 aliphatic rings. The van der Waals surface area contributed by atoms with E-state index >= 15 is 0 Å². The van der Waals surface area contributed by atoms with E-state index in [1.165, 1.54) is 0 Å². The summed E-state index contributed by atoms with van der Waals surface area (Å²) in [6.45, 7) is 2.76. The molecule has 0 aromatic heterocycles. The zero-order valence-electron chi connectivity index (χ0n) is 8.21. The number of nitrogens with one attached hydrogen (secondary N) is 1. The Kier molecular flexibility index (Phi) is 2.78. The highest BCUT2D eigenvalue weighted by molar-refractivity contribution is 5.87. The van der Waals surface area contributed by atoms with E-state index in [9.17, 15) is 14.0 Å². The summed E-state index contributed by atoms with van der Waals surface area (Å²) in [7, 11) is 0. The minimum Gasteiger partial charge on any atom is -0.480 e. The van der Waals surface area contributed by atoms with Crippen molar-refractivity contribution in [2.75, 3.05) is 6.67 Å². The van der Waals surface area contributed by atoms with Gasteiger partial charge in [0.05, 0.1) is 0 Å². The third-order valence-corrected chi connectivity index (χ3v) is 2.60. The van der Waals surface area contributed by atoms with Gasteiger partial charge in [0.2, 0.25) is 5.91 Å². The molecule has 1 fully saturated rings.